The summed E-state index contributed by atoms with van der Waals surface area (Å²) < 4.78 is 34.9. The Morgan fingerprint density at radius 1 is 0.288 bits per heavy atom. The molecule has 0 saturated carbocycles. The first-order valence-electron chi connectivity index (χ1n) is 36.0. The molecule has 11 rings (SSSR count). The van der Waals surface area contributed by atoms with Crippen molar-refractivity contribution in [3.63, 3.8) is 0 Å². The predicted molar refractivity (Wildman–Crippen MR) is 437 cm³/mol. The molecule has 0 spiro atoms. The van der Waals surface area contributed by atoms with E-state index in [1.807, 2.05) is 145 Å². The summed E-state index contributed by atoms with van der Waals surface area (Å²) in [7, 11) is 9.07. The summed E-state index contributed by atoms with van der Waals surface area (Å²) in [6, 6.07) is 98.1. The lowest BCUT2D eigenvalue weighted by Crippen LogP contribution is -2.39. The van der Waals surface area contributed by atoms with Gasteiger partial charge in [0.1, 0.15) is 24.4 Å². The molecule has 0 aromatic heterocycles. The molecule has 4 N–H and O–H groups in total. The second-order valence-electron chi connectivity index (χ2n) is 24.2. The van der Waals surface area contributed by atoms with Crippen LogP contribution in [0, 0.1) is 0 Å². The molecule has 584 valence electrons. The summed E-state index contributed by atoms with van der Waals surface area (Å²) in [6.45, 7) is 13.8. The van der Waals surface area contributed by atoms with Gasteiger partial charge in [-0.25, -0.2) is 0 Å². The van der Waals surface area contributed by atoms with Crippen molar-refractivity contribution in [1.29, 1.82) is 0 Å². The number of Topliss-reactive ketones (excluding diaryl/α,β-unsaturated/α-hetero) is 6. The summed E-state index contributed by atoms with van der Waals surface area (Å²) in [5.74, 6) is -2.87. The van der Waals surface area contributed by atoms with Gasteiger partial charge in [0.25, 0.3) is 5.79 Å². The smallest absolute Gasteiger partial charge is 0.260 e. The molecular formula is C94H106O17. The quantitative estimate of drug-likeness (QED) is 0.0307. The predicted octanol–water partition coefficient (Wildman–Crippen LogP) is 18.0. The van der Waals surface area contributed by atoms with Gasteiger partial charge in [-0.05, 0) is 63.8 Å². The summed E-state index contributed by atoms with van der Waals surface area (Å²) >= 11 is 0. The standard InChI is InChI=1S/C16H16O3.4C14H12O2.C10H12O3.C6H14O.C4H10O.C2H6O/c1-18-16(19-2,14-11-7-4-8-12-14)15(17)13-9-5-3-6-10-13;4*15-13(11-7-3-1-4-8-11)14(16)12-9-5-2-6-10-12;1-12-10(13-2)9(11)8-6-4-3-5-7-8;1-5(2)7-6(3)4;1-3-5-4-2;1-3-2/h3-12H,1-2H3;4*1-10,13,15H;3-7,10H,1-2H3;5-6H,1-4H3;3-4H2,1-2H3;1-2H3. The van der Waals surface area contributed by atoms with Crippen LogP contribution >= 0.6 is 0 Å². The highest BCUT2D eigenvalue weighted by Crippen LogP contribution is 2.31. The third-order valence-corrected chi connectivity index (χ3v) is 15.4. The highest BCUT2D eigenvalue weighted by Gasteiger charge is 2.41. The average molecular weight is 1510 g/mol. The lowest BCUT2D eigenvalue weighted by Gasteiger charge is -2.29. The molecule has 0 radical (unpaired) electrons. The largest absolute Gasteiger partial charge is 0.388 e. The van der Waals surface area contributed by atoms with Gasteiger partial charge in [0.2, 0.25) is 17.9 Å². The highest BCUT2D eigenvalue weighted by molar-refractivity contribution is 6.03. The number of aliphatic hydroxyl groups excluding tert-OH is 4. The maximum atomic E-state index is 12.7. The van der Waals surface area contributed by atoms with Crippen molar-refractivity contribution in [1.82, 2.24) is 0 Å². The topological polar surface area (TPSA) is 248 Å². The lowest BCUT2D eigenvalue weighted by molar-refractivity contribution is -0.176. The molecule has 0 saturated heterocycles. The van der Waals surface area contributed by atoms with Crippen molar-refractivity contribution >= 4 is 34.7 Å². The van der Waals surface area contributed by atoms with Crippen molar-refractivity contribution < 1.29 is 82.4 Å². The number of carbonyl (C=O) groups is 6. The van der Waals surface area contributed by atoms with Gasteiger partial charge in [0.15, 0.2) is 23.1 Å². The number of carbonyl (C=O) groups excluding carboxylic acids is 6. The van der Waals surface area contributed by atoms with E-state index in [-0.39, 0.29) is 34.7 Å². The molecule has 4 atom stereocenters. The summed E-state index contributed by atoms with van der Waals surface area (Å²) in [5, 5.41) is 39.6. The van der Waals surface area contributed by atoms with Gasteiger partial charge in [-0.3, -0.25) is 28.8 Å². The van der Waals surface area contributed by atoms with Crippen LogP contribution in [0.25, 0.3) is 0 Å². The summed E-state index contributed by atoms with van der Waals surface area (Å²) in [6.07, 6.45) is -4.37. The Balaban J connectivity index is 0.000000333. The zero-order valence-electron chi connectivity index (χ0n) is 65.3. The fourth-order valence-electron chi connectivity index (χ4n) is 10.1. The fraction of sp³-hybridized carbons (Fsp3) is 0.234. The molecule has 17 nitrogen and oxygen atoms in total. The molecule has 0 amide bonds. The zero-order chi connectivity index (χ0) is 81.6. The number of ketones is 6. The number of hydrogen-bond donors (Lipinski definition) is 4. The zero-order valence-corrected chi connectivity index (χ0v) is 65.3. The van der Waals surface area contributed by atoms with E-state index in [9.17, 15) is 49.2 Å². The van der Waals surface area contributed by atoms with Crippen molar-refractivity contribution in [3.8, 4) is 0 Å². The van der Waals surface area contributed by atoms with Crippen molar-refractivity contribution in [2.24, 2.45) is 0 Å². The molecule has 0 aliphatic heterocycles. The number of aliphatic hydroxyl groups is 4. The minimum atomic E-state index is -1.40. The molecule has 0 bridgehead atoms. The van der Waals surface area contributed by atoms with Gasteiger partial charge in [0, 0.05) is 94.8 Å². The van der Waals surface area contributed by atoms with Crippen molar-refractivity contribution in [2.45, 2.75) is 90.2 Å². The van der Waals surface area contributed by atoms with Crippen LogP contribution in [-0.4, -0.2) is 129 Å². The van der Waals surface area contributed by atoms with Crippen LogP contribution in [0.5, 0.6) is 0 Å². The van der Waals surface area contributed by atoms with Crippen LogP contribution in [0.3, 0.4) is 0 Å². The summed E-state index contributed by atoms with van der Waals surface area (Å²) in [4.78, 5) is 71.8. The molecule has 17 heteroatoms. The molecular weight excluding hydrogens is 1400 g/mol. The van der Waals surface area contributed by atoms with Gasteiger partial charge in [-0.2, -0.15) is 0 Å². The first kappa shape index (κ1) is 94.2. The van der Waals surface area contributed by atoms with Crippen LogP contribution in [-0.2, 0) is 38.9 Å². The minimum Gasteiger partial charge on any atom is -0.388 e. The van der Waals surface area contributed by atoms with E-state index in [1.54, 1.807) is 245 Å². The van der Waals surface area contributed by atoms with Crippen LogP contribution in [0.1, 0.15) is 156 Å². The van der Waals surface area contributed by atoms with Crippen molar-refractivity contribution in [2.75, 3.05) is 55.9 Å². The van der Waals surface area contributed by atoms with Crippen LogP contribution in [0.2, 0.25) is 0 Å². The van der Waals surface area contributed by atoms with E-state index in [1.165, 1.54) is 28.4 Å². The Bertz CT molecular complexity index is 3850. The van der Waals surface area contributed by atoms with E-state index in [0.717, 1.165) is 13.2 Å². The molecule has 0 fully saturated rings. The SMILES string of the molecule is CC(C)OC(C)C.CCOCC.COC.COC(OC)(C(=O)c1ccccc1)c1ccccc1.COC(OC)C(=O)c1ccccc1.O=C(c1ccccc1)C(O)c1ccccc1.O=C(c1ccccc1)C(O)c1ccccc1.O=C(c1ccccc1)C(O)c1ccccc1.O=C(c1ccccc1)C(O)c1ccccc1. The molecule has 4 unspecified atom stereocenters. The van der Waals surface area contributed by atoms with Gasteiger partial charge in [0.05, 0.1) is 12.2 Å². The lowest BCUT2D eigenvalue weighted by atomic mass is 9.96. The third-order valence-electron chi connectivity index (χ3n) is 15.4. The number of hydrogen-bond acceptors (Lipinski definition) is 17. The monoisotopic (exact) mass is 1510 g/mol. The number of methoxy groups -OCH3 is 5. The van der Waals surface area contributed by atoms with Gasteiger partial charge >= 0.3 is 0 Å². The fourth-order valence-corrected chi connectivity index (χ4v) is 10.1. The normalized spacial score (nSPS) is 11.3. The minimum absolute atomic E-state index is 0.161. The number of ether oxygens (including phenoxy) is 7. The first-order valence-corrected chi connectivity index (χ1v) is 36.0. The third kappa shape index (κ3) is 34.2. The van der Waals surface area contributed by atoms with E-state index in [4.69, 9.17) is 28.4 Å². The Kier molecular flexibility index (Phi) is 47.0. The molecule has 11 aromatic carbocycles. The second-order valence-corrected chi connectivity index (χ2v) is 24.2. The van der Waals surface area contributed by atoms with E-state index in [2.05, 4.69) is 4.74 Å². The van der Waals surface area contributed by atoms with E-state index in [0.29, 0.717) is 73.4 Å². The molecule has 11 aromatic rings. The maximum Gasteiger partial charge on any atom is 0.260 e. The van der Waals surface area contributed by atoms with E-state index < -0.39 is 36.5 Å². The van der Waals surface area contributed by atoms with Gasteiger partial charge in [-0.1, -0.05) is 334 Å². The Morgan fingerprint density at radius 2 is 0.477 bits per heavy atom. The van der Waals surface area contributed by atoms with Crippen LogP contribution in [0.4, 0.5) is 0 Å². The molecule has 0 aliphatic carbocycles. The number of rotatable bonds is 25. The van der Waals surface area contributed by atoms with Gasteiger partial charge < -0.3 is 53.6 Å². The molecule has 0 aliphatic rings. The Labute approximate surface area is 654 Å². The average Bonchev–Trinajstić information content (AvgIpc) is 0.763. The van der Waals surface area contributed by atoms with E-state index >= 15 is 0 Å². The van der Waals surface area contributed by atoms with Crippen LogP contribution in [0.15, 0.2) is 334 Å². The Hall–Kier alpha value is -11.0. The first-order chi connectivity index (χ1) is 53.6. The number of benzene rings is 11. The second kappa shape index (κ2) is 55.4. The van der Waals surface area contributed by atoms with Crippen LogP contribution < -0.4 is 0 Å². The highest BCUT2D eigenvalue weighted by atomic mass is 16.7. The molecule has 111 heavy (non-hydrogen) atoms. The molecule has 0 heterocycles. The van der Waals surface area contributed by atoms with Crippen molar-refractivity contribution in [3.05, 3.63) is 395 Å². The summed E-state index contributed by atoms with van der Waals surface area (Å²) in [5.41, 5.74) is 6.41. The van der Waals surface area contributed by atoms with Gasteiger partial charge in [-0.15, -0.1) is 0 Å². The maximum absolute atomic E-state index is 12.7. The Morgan fingerprint density at radius 3 is 0.649 bits per heavy atom.